The van der Waals surface area contributed by atoms with Gasteiger partial charge in [0.15, 0.2) is 5.82 Å². The van der Waals surface area contributed by atoms with Gasteiger partial charge in [-0.1, -0.05) is 18.2 Å². The third kappa shape index (κ3) is 4.65. The number of anilines is 1. The van der Waals surface area contributed by atoms with E-state index in [1.807, 2.05) is 0 Å². The smallest absolute Gasteiger partial charge is 0.152 e. The van der Waals surface area contributed by atoms with Crippen molar-refractivity contribution in [3.8, 4) is 11.4 Å². The van der Waals surface area contributed by atoms with Crippen LogP contribution in [-0.2, 0) is 13.0 Å². The van der Waals surface area contributed by atoms with Gasteiger partial charge in [0.2, 0.25) is 0 Å². The minimum absolute atomic E-state index is 0. The van der Waals surface area contributed by atoms with E-state index in [0.717, 1.165) is 73.3 Å². The van der Waals surface area contributed by atoms with E-state index in [0.29, 0.717) is 6.61 Å². The Morgan fingerprint density at radius 1 is 0.833 bits per heavy atom. The van der Waals surface area contributed by atoms with Gasteiger partial charge in [-0.2, -0.15) is 0 Å². The van der Waals surface area contributed by atoms with Gasteiger partial charge in [-0.3, -0.25) is 14.5 Å². The molecule has 0 atom stereocenters. The third-order valence-electron chi connectivity index (χ3n) is 7.33. The Hall–Kier alpha value is -2.80. The molecule has 2 aromatic heterocycles. The zero-order valence-electron chi connectivity index (χ0n) is 21.0. The SMILES string of the molecule is Cc1ccc2c(N3CCN(CCc4cccc5c4OCc4nc(C)c(C)n4-5)CC3)cccc2n1.Cl.Cl. The molecule has 36 heavy (non-hydrogen) atoms. The average molecular weight is 527 g/mol. The standard InChI is InChI=1S/C28H31N5O.2ClH/c1-19-10-11-23-24(29-19)7-5-8-25(23)32-16-14-31(15-17-32)13-12-22-6-4-9-26-28(22)34-18-27-30-20(2)21(3)33(26)27;;/h4-11H,12-18H2,1-3H3;2*1H. The van der Waals surface area contributed by atoms with Crippen LogP contribution in [0.15, 0.2) is 48.5 Å². The van der Waals surface area contributed by atoms with Crippen LogP contribution in [0.4, 0.5) is 5.69 Å². The number of aromatic nitrogens is 3. The van der Waals surface area contributed by atoms with Crippen LogP contribution in [0.1, 0.15) is 28.5 Å². The molecule has 0 aliphatic carbocycles. The molecule has 0 bridgehead atoms. The number of hydrogen-bond acceptors (Lipinski definition) is 5. The maximum atomic E-state index is 6.20. The maximum absolute atomic E-state index is 6.20. The Balaban J connectivity index is 0.00000152. The highest BCUT2D eigenvalue weighted by atomic mass is 35.5. The number of hydrogen-bond donors (Lipinski definition) is 0. The van der Waals surface area contributed by atoms with E-state index in [1.165, 1.54) is 22.3 Å². The van der Waals surface area contributed by atoms with Crippen LogP contribution in [0.25, 0.3) is 16.6 Å². The van der Waals surface area contributed by atoms with Gasteiger partial charge in [0.25, 0.3) is 0 Å². The molecule has 2 aliphatic heterocycles. The predicted molar refractivity (Wildman–Crippen MR) is 151 cm³/mol. The molecule has 0 N–H and O–H groups in total. The summed E-state index contributed by atoms with van der Waals surface area (Å²) in [5.41, 5.74) is 8.14. The highest BCUT2D eigenvalue weighted by Gasteiger charge is 2.24. The van der Waals surface area contributed by atoms with Crippen LogP contribution in [-0.4, -0.2) is 52.2 Å². The Morgan fingerprint density at radius 3 is 2.39 bits per heavy atom. The summed E-state index contributed by atoms with van der Waals surface area (Å²) in [6.45, 7) is 12.0. The van der Waals surface area contributed by atoms with Gasteiger partial charge in [0.1, 0.15) is 12.4 Å². The molecule has 6 rings (SSSR count). The van der Waals surface area contributed by atoms with E-state index in [2.05, 4.69) is 88.7 Å². The van der Waals surface area contributed by atoms with Crippen LogP contribution >= 0.6 is 24.8 Å². The lowest BCUT2D eigenvalue weighted by molar-refractivity contribution is 0.254. The van der Waals surface area contributed by atoms with E-state index >= 15 is 0 Å². The fourth-order valence-electron chi connectivity index (χ4n) is 5.35. The molecule has 190 valence electrons. The zero-order chi connectivity index (χ0) is 23.2. The summed E-state index contributed by atoms with van der Waals surface area (Å²) in [4.78, 5) is 14.5. The molecule has 6 nitrogen and oxygen atoms in total. The lowest BCUT2D eigenvalue weighted by Crippen LogP contribution is -2.47. The van der Waals surface area contributed by atoms with Gasteiger partial charge in [0.05, 0.1) is 16.9 Å². The van der Waals surface area contributed by atoms with Gasteiger partial charge < -0.3 is 9.64 Å². The van der Waals surface area contributed by atoms with E-state index in [9.17, 15) is 0 Å². The largest absolute Gasteiger partial charge is 0.483 e. The summed E-state index contributed by atoms with van der Waals surface area (Å²) in [6.07, 6.45) is 0.989. The Labute approximate surface area is 225 Å². The fourth-order valence-corrected chi connectivity index (χ4v) is 5.35. The number of imidazole rings is 1. The molecule has 8 heteroatoms. The predicted octanol–water partition coefficient (Wildman–Crippen LogP) is 5.45. The molecule has 0 radical (unpaired) electrons. The minimum atomic E-state index is 0. The number of fused-ring (bicyclic) bond motifs is 4. The summed E-state index contributed by atoms with van der Waals surface area (Å²) < 4.78 is 8.46. The minimum Gasteiger partial charge on any atom is -0.483 e. The van der Waals surface area contributed by atoms with Crippen molar-refractivity contribution in [1.82, 2.24) is 19.4 Å². The van der Waals surface area contributed by atoms with Crippen molar-refractivity contribution in [2.24, 2.45) is 0 Å². The van der Waals surface area contributed by atoms with Crippen molar-refractivity contribution in [3.63, 3.8) is 0 Å². The fraction of sp³-hybridized carbons (Fsp3) is 0.357. The van der Waals surface area contributed by atoms with Gasteiger partial charge in [0, 0.05) is 55.2 Å². The topological polar surface area (TPSA) is 46.4 Å². The number of ether oxygens (including phenoxy) is 1. The van der Waals surface area contributed by atoms with Crippen molar-refractivity contribution < 1.29 is 4.74 Å². The van der Waals surface area contributed by atoms with Crippen molar-refractivity contribution in [3.05, 3.63) is 77.0 Å². The summed E-state index contributed by atoms with van der Waals surface area (Å²) in [5.74, 6) is 2.02. The number of aryl methyl sites for hydroxylation is 2. The highest BCUT2D eigenvalue weighted by Crippen LogP contribution is 2.35. The lowest BCUT2D eigenvalue weighted by atomic mass is 10.1. The Morgan fingerprint density at radius 2 is 1.58 bits per heavy atom. The van der Waals surface area contributed by atoms with Crippen molar-refractivity contribution >= 4 is 41.4 Å². The van der Waals surface area contributed by atoms with E-state index < -0.39 is 0 Å². The van der Waals surface area contributed by atoms with Crippen molar-refractivity contribution in [2.45, 2.75) is 33.8 Å². The molecular formula is C28H33Cl2N5O. The normalized spacial score (nSPS) is 14.9. The Bertz CT molecular complexity index is 1380. The van der Waals surface area contributed by atoms with Gasteiger partial charge >= 0.3 is 0 Å². The second-order valence-corrected chi connectivity index (χ2v) is 9.46. The van der Waals surface area contributed by atoms with Gasteiger partial charge in [-0.05, 0) is 63.1 Å². The number of pyridine rings is 1. The van der Waals surface area contributed by atoms with Gasteiger partial charge in [-0.25, -0.2) is 4.98 Å². The molecule has 1 fully saturated rings. The maximum Gasteiger partial charge on any atom is 0.152 e. The van der Waals surface area contributed by atoms with Crippen LogP contribution in [0.5, 0.6) is 5.75 Å². The quantitative estimate of drug-likeness (QED) is 0.354. The summed E-state index contributed by atoms with van der Waals surface area (Å²) in [6, 6.07) is 17.3. The first kappa shape index (κ1) is 26.3. The molecule has 0 amide bonds. The summed E-state index contributed by atoms with van der Waals surface area (Å²) in [7, 11) is 0. The molecule has 0 spiro atoms. The zero-order valence-corrected chi connectivity index (χ0v) is 22.7. The first-order valence-corrected chi connectivity index (χ1v) is 12.2. The molecule has 1 saturated heterocycles. The average Bonchev–Trinajstić information content (AvgIpc) is 3.16. The van der Waals surface area contributed by atoms with Crippen molar-refractivity contribution in [2.75, 3.05) is 37.6 Å². The monoisotopic (exact) mass is 525 g/mol. The molecule has 0 saturated carbocycles. The van der Waals surface area contributed by atoms with Crippen LogP contribution in [0.2, 0.25) is 0 Å². The number of piperazine rings is 1. The second-order valence-electron chi connectivity index (χ2n) is 9.46. The molecular weight excluding hydrogens is 493 g/mol. The first-order valence-electron chi connectivity index (χ1n) is 12.2. The highest BCUT2D eigenvalue weighted by molar-refractivity contribution is 5.92. The van der Waals surface area contributed by atoms with Crippen LogP contribution < -0.4 is 9.64 Å². The third-order valence-corrected chi connectivity index (χ3v) is 7.33. The molecule has 2 aliphatic rings. The number of benzene rings is 2. The van der Waals surface area contributed by atoms with E-state index in [4.69, 9.17) is 9.72 Å². The Kier molecular flexibility index (Phi) is 7.79. The molecule has 4 aromatic rings. The van der Waals surface area contributed by atoms with Crippen LogP contribution in [0.3, 0.4) is 0 Å². The van der Waals surface area contributed by atoms with Crippen molar-refractivity contribution in [1.29, 1.82) is 0 Å². The molecule has 0 unspecified atom stereocenters. The second kappa shape index (κ2) is 10.7. The number of nitrogens with zero attached hydrogens (tertiary/aromatic N) is 5. The number of rotatable bonds is 4. The van der Waals surface area contributed by atoms with Crippen LogP contribution in [0, 0.1) is 20.8 Å². The molecule has 2 aromatic carbocycles. The van der Waals surface area contributed by atoms with Gasteiger partial charge in [-0.15, -0.1) is 24.8 Å². The van der Waals surface area contributed by atoms with E-state index in [-0.39, 0.29) is 24.8 Å². The summed E-state index contributed by atoms with van der Waals surface area (Å²) in [5, 5.41) is 1.25. The number of halogens is 2. The first-order chi connectivity index (χ1) is 16.6. The molecule has 4 heterocycles. The summed E-state index contributed by atoms with van der Waals surface area (Å²) >= 11 is 0. The lowest BCUT2D eigenvalue weighted by Gasteiger charge is -2.36. The number of para-hydroxylation sites is 1. The van der Waals surface area contributed by atoms with E-state index in [1.54, 1.807) is 0 Å².